The summed E-state index contributed by atoms with van der Waals surface area (Å²) in [6.07, 6.45) is -0.619. The summed E-state index contributed by atoms with van der Waals surface area (Å²) in [5.74, 6) is -2.83. The number of aliphatic hydroxyl groups is 1. The molecule has 0 radical (unpaired) electrons. The molecule has 2 aliphatic carbocycles. The van der Waals surface area contributed by atoms with E-state index in [4.69, 9.17) is 26.8 Å². The number of pyridine rings is 1. The largest absolute Gasteiger partial charge is 0.494 e. The highest BCUT2D eigenvalue weighted by Gasteiger charge is 2.50. The third-order valence-corrected chi connectivity index (χ3v) is 10.1. The average molecular weight is 688 g/mol. The Bertz CT molecular complexity index is 2010. The number of carbonyl (C=O) groups excluding carboxylic acids is 2. The lowest BCUT2D eigenvalue weighted by atomic mass is 9.81. The van der Waals surface area contributed by atoms with Gasteiger partial charge in [-0.05, 0) is 74.9 Å². The number of aromatic nitrogens is 3. The number of methoxy groups -OCH3 is 1. The maximum atomic E-state index is 14.2. The van der Waals surface area contributed by atoms with Crippen LogP contribution in [0.5, 0.6) is 11.5 Å². The van der Waals surface area contributed by atoms with E-state index in [-0.39, 0.29) is 52.9 Å². The first-order chi connectivity index (χ1) is 22.6. The highest BCUT2D eigenvalue weighted by atomic mass is 35.5. The number of amides is 2. The van der Waals surface area contributed by atoms with Crippen molar-refractivity contribution < 1.29 is 41.7 Å². The quantitative estimate of drug-likeness (QED) is 0.164. The molecule has 48 heavy (non-hydrogen) atoms. The van der Waals surface area contributed by atoms with E-state index < -0.39 is 45.4 Å². The number of alkyl halides is 4. The van der Waals surface area contributed by atoms with Crippen LogP contribution in [0.3, 0.4) is 0 Å². The number of rotatable bonds is 9. The van der Waals surface area contributed by atoms with Gasteiger partial charge in [-0.2, -0.15) is 18.3 Å². The van der Waals surface area contributed by atoms with Crippen LogP contribution in [-0.2, 0) is 27.0 Å². The van der Waals surface area contributed by atoms with Crippen molar-refractivity contribution in [3.8, 4) is 22.8 Å². The molecule has 3 aliphatic rings. The molecule has 2 atom stereocenters. The fraction of sp³-hybridized carbons (Fsp3) is 0.394. The molecule has 3 heterocycles. The molecule has 2 saturated carbocycles. The number of hydrogen-bond acceptors (Lipinski definition) is 7. The average Bonchev–Trinajstić information content (AvgIpc) is 3.96. The minimum Gasteiger partial charge on any atom is -0.494 e. The predicted molar refractivity (Wildman–Crippen MR) is 165 cm³/mol. The van der Waals surface area contributed by atoms with E-state index in [2.05, 4.69) is 15.4 Å². The SMILES string of the molecule is COc1cc(C(=O)NC[C@](O)(c2cc3c(c(-c4ccc(F)c(C(F)(F)F)c4)n2)OC[C@]3(C)C(N)=O)C2CC2)cc2cn(C3(Cl)CC3)nc12. The number of nitrogens with one attached hydrogen (secondary N) is 1. The summed E-state index contributed by atoms with van der Waals surface area (Å²) < 4.78 is 68.2. The zero-order chi connectivity index (χ0) is 34.4. The van der Waals surface area contributed by atoms with Crippen molar-refractivity contribution in [2.45, 2.75) is 54.8 Å². The molecular formula is C33H30ClF4N5O5. The molecule has 2 fully saturated rings. The minimum absolute atomic E-state index is 0.00664. The third kappa shape index (κ3) is 5.21. The van der Waals surface area contributed by atoms with Crippen LogP contribution in [0.1, 0.15) is 59.8 Å². The molecule has 4 aromatic rings. The molecule has 15 heteroatoms. The van der Waals surface area contributed by atoms with Crippen molar-refractivity contribution in [2.75, 3.05) is 20.3 Å². The molecule has 252 valence electrons. The molecule has 10 nitrogen and oxygen atoms in total. The Balaban J connectivity index is 1.27. The fourth-order valence-corrected chi connectivity index (χ4v) is 6.33. The number of nitrogens with two attached hydrogens (primary N) is 1. The lowest BCUT2D eigenvalue weighted by molar-refractivity contribution is -0.140. The van der Waals surface area contributed by atoms with E-state index in [1.807, 2.05) is 0 Å². The normalized spacial score (nSPS) is 20.9. The first kappa shape index (κ1) is 32.1. The Hall–Kier alpha value is -4.43. The van der Waals surface area contributed by atoms with Gasteiger partial charge in [0.15, 0.2) is 0 Å². The van der Waals surface area contributed by atoms with Crippen molar-refractivity contribution >= 4 is 34.3 Å². The number of carbonyl (C=O) groups is 2. The molecule has 2 amide bonds. The summed E-state index contributed by atoms with van der Waals surface area (Å²) in [7, 11) is 1.45. The number of fused-ring (bicyclic) bond motifs is 2. The number of benzene rings is 2. The van der Waals surface area contributed by atoms with Gasteiger partial charge in [-0.15, -0.1) is 0 Å². The van der Waals surface area contributed by atoms with Gasteiger partial charge >= 0.3 is 6.18 Å². The molecule has 2 aromatic heterocycles. The smallest absolute Gasteiger partial charge is 0.419 e. The van der Waals surface area contributed by atoms with Gasteiger partial charge in [0.25, 0.3) is 5.91 Å². The van der Waals surface area contributed by atoms with Crippen LogP contribution in [0, 0.1) is 11.7 Å². The first-order valence-corrected chi connectivity index (χ1v) is 15.6. The van der Waals surface area contributed by atoms with Gasteiger partial charge in [0, 0.05) is 28.3 Å². The lowest BCUT2D eigenvalue weighted by Crippen LogP contribution is -2.44. The van der Waals surface area contributed by atoms with Crippen LogP contribution in [0.15, 0.2) is 42.6 Å². The second kappa shape index (κ2) is 10.8. The number of nitrogens with zero attached hydrogens (tertiary/aromatic N) is 3. The first-order valence-electron chi connectivity index (χ1n) is 15.2. The molecule has 1 aliphatic heterocycles. The van der Waals surface area contributed by atoms with Gasteiger partial charge in [0.05, 0.1) is 24.9 Å². The van der Waals surface area contributed by atoms with E-state index in [0.717, 1.165) is 18.9 Å². The second-order valence-corrected chi connectivity index (χ2v) is 13.6. The fourth-order valence-electron chi connectivity index (χ4n) is 6.14. The molecule has 7 rings (SSSR count). The Morgan fingerprint density at radius 2 is 1.94 bits per heavy atom. The van der Waals surface area contributed by atoms with Crippen LogP contribution in [0.4, 0.5) is 17.6 Å². The molecule has 0 unspecified atom stereocenters. The number of ether oxygens (including phenoxy) is 2. The van der Waals surface area contributed by atoms with Gasteiger partial charge in [0.2, 0.25) is 5.91 Å². The monoisotopic (exact) mass is 687 g/mol. The Labute approximate surface area is 276 Å². The Morgan fingerprint density at radius 1 is 1.21 bits per heavy atom. The van der Waals surface area contributed by atoms with Crippen molar-refractivity contribution in [3.63, 3.8) is 0 Å². The maximum Gasteiger partial charge on any atom is 0.419 e. The zero-order valence-corrected chi connectivity index (χ0v) is 26.5. The molecule has 0 bridgehead atoms. The lowest BCUT2D eigenvalue weighted by Gasteiger charge is -2.30. The van der Waals surface area contributed by atoms with Crippen molar-refractivity contribution in [2.24, 2.45) is 11.7 Å². The van der Waals surface area contributed by atoms with E-state index in [9.17, 15) is 32.3 Å². The third-order valence-electron chi connectivity index (χ3n) is 9.51. The molecule has 4 N–H and O–H groups in total. The highest BCUT2D eigenvalue weighted by molar-refractivity contribution is 6.23. The number of hydrogen-bond donors (Lipinski definition) is 3. The van der Waals surface area contributed by atoms with Crippen LogP contribution in [-0.4, -0.2) is 51.9 Å². The second-order valence-electron chi connectivity index (χ2n) is 12.9. The summed E-state index contributed by atoms with van der Waals surface area (Å²) in [6, 6.07) is 6.97. The Kier molecular flexibility index (Phi) is 7.22. The van der Waals surface area contributed by atoms with Crippen LogP contribution in [0.25, 0.3) is 22.2 Å². The van der Waals surface area contributed by atoms with Gasteiger partial charge in [-0.25, -0.2) is 9.37 Å². The Morgan fingerprint density at radius 3 is 2.56 bits per heavy atom. The summed E-state index contributed by atoms with van der Waals surface area (Å²) in [4.78, 5) is 30.1. The maximum absolute atomic E-state index is 14.2. The van der Waals surface area contributed by atoms with Gasteiger partial charge in [-0.1, -0.05) is 11.6 Å². The highest BCUT2D eigenvalue weighted by Crippen LogP contribution is 2.51. The molecule has 2 aromatic carbocycles. The summed E-state index contributed by atoms with van der Waals surface area (Å²) in [6.45, 7) is 0.949. The summed E-state index contributed by atoms with van der Waals surface area (Å²) in [5, 5.41) is 20.1. The summed E-state index contributed by atoms with van der Waals surface area (Å²) >= 11 is 6.53. The van der Waals surface area contributed by atoms with E-state index in [1.165, 1.54) is 26.2 Å². The minimum atomic E-state index is -5.00. The number of primary amides is 1. The number of halogens is 5. The zero-order valence-electron chi connectivity index (χ0n) is 25.8. The predicted octanol–water partition coefficient (Wildman–Crippen LogP) is 5.11. The standard InChI is InChI=1S/C33H30ClF4N5O5/c1-30(29(39)45)15-48-27-21(30)12-24(41-26(27)16-3-6-22(35)20(10-16)33(36,37)38)32(46,19-4-5-19)14-40-28(44)17-9-18-13-43(31(34)7-8-31)42-25(18)23(11-17)47-2/h3,6,9-13,19,46H,4-5,7-8,14-15H2,1-2H3,(H2,39,45)(H,40,44)/t30-,32+/m0/s1. The summed E-state index contributed by atoms with van der Waals surface area (Å²) in [5.41, 5.74) is 1.65. The van der Waals surface area contributed by atoms with E-state index in [1.54, 1.807) is 16.9 Å². The topological polar surface area (TPSA) is 142 Å². The molecular weight excluding hydrogens is 658 g/mol. The van der Waals surface area contributed by atoms with E-state index >= 15 is 0 Å². The van der Waals surface area contributed by atoms with Crippen LogP contribution in [0.2, 0.25) is 0 Å². The van der Waals surface area contributed by atoms with Crippen LogP contribution < -0.4 is 20.5 Å². The van der Waals surface area contributed by atoms with Gasteiger partial charge < -0.3 is 25.6 Å². The van der Waals surface area contributed by atoms with Crippen molar-refractivity contribution in [1.29, 1.82) is 0 Å². The molecule has 0 spiro atoms. The van der Waals surface area contributed by atoms with Gasteiger partial charge in [0.1, 0.15) is 51.1 Å². The van der Waals surface area contributed by atoms with E-state index in [0.29, 0.717) is 41.6 Å². The van der Waals surface area contributed by atoms with Crippen molar-refractivity contribution in [3.05, 3.63) is 70.8 Å². The van der Waals surface area contributed by atoms with Gasteiger partial charge in [-0.3, -0.25) is 14.3 Å². The van der Waals surface area contributed by atoms with Crippen LogP contribution >= 0.6 is 11.6 Å². The molecule has 0 saturated heterocycles. The van der Waals surface area contributed by atoms with Crippen molar-refractivity contribution in [1.82, 2.24) is 20.1 Å².